The number of sulfonamides is 1. The van der Waals surface area contributed by atoms with Gasteiger partial charge in [0.2, 0.25) is 10.0 Å². The monoisotopic (exact) mass is 324 g/mol. The number of rotatable bonds is 8. The van der Waals surface area contributed by atoms with Gasteiger partial charge in [0.15, 0.2) is 0 Å². The van der Waals surface area contributed by atoms with Crippen LogP contribution in [-0.4, -0.2) is 36.5 Å². The number of pyridine rings is 1. The zero-order chi connectivity index (χ0) is 14.4. The Balaban J connectivity index is 2.66. The van der Waals surface area contributed by atoms with E-state index >= 15 is 0 Å². The molecule has 0 spiro atoms. The van der Waals surface area contributed by atoms with Crippen molar-refractivity contribution in [2.24, 2.45) is 0 Å². The zero-order valence-corrected chi connectivity index (χ0v) is 13.1. The van der Waals surface area contributed by atoms with Gasteiger partial charge in [-0.15, -0.1) is 23.2 Å². The first kappa shape index (κ1) is 16.7. The van der Waals surface area contributed by atoms with Crippen molar-refractivity contribution in [3.8, 4) is 0 Å². The van der Waals surface area contributed by atoms with Crippen molar-refractivity contribution in [3.63, 3.8) is 0 Å². The van der Waals surface area contributed by atoms with Crippen LogP contribution < -0.4 is 4.72 Å². The van der Waals surface area contributed by atoms with Gasteiger partial charge in [0.25, 0.3) is 0 Å². The Kier molecular flexibility index (Phi) is 6.53. The molecule has 1 N–H and O–H groups in total. The number of aromatic nitrogens is 1. The minimum Gasteiger partial charge on any atom is -0.261 e. The first-order valence-electron chi connectivity index (χ1n) is 6.00. The molecule has 0 bridgehead atoms. The molecule has 1 aromatic rings. The first-order valence-corrected chi connectivity index (χ1v) is 8.72. The molecule has 0 aliphatic carbocycles. The summed E-state index contributed by atoms with van der Waals surface area (Å²) < 4.78 is 26.7. The van der Waals surface area contributed by atoms with E-state index in [0.717, 1.165) is 5.69 Å². The first-order chi connectivity index (χ1) is 8.97. The molecule has 0 aromatic carbocycles. The van der Waals surface area contributed by atoms with Gasteiger partial charge in [0.05, 0.1) is 11.3 Å². The molecule has 0 saturated heterocycles. The molecule has 108 valence electrons. The molecular weight excluding hydrogens is 307 g/mol. The second-order valence-electron chi connectivity index (χ2n) is 4.39. The Morgan fingerprint density at radius 1 is 1.32 bits per heavy atom. The molecule has 0 radical (unpaired) electrons. The lowest BCUT2D eigenvalue weighted by Gasteiger charge is -2.29. The second-order valence-corrected chi connectivity index (χ2v) is 6.77. The highest BCUT2D eigenvalue weighted by molar-refractivity contribution is 7.89. The maximum absolute atomic E-state index is 12.0. The average Bonchev–Trinajstić information content (AvgIpc) is 2.44. The van der Waals surface area contributed by atoms with Crippen LogP contribution in [0.4, 0.5) is 0 Å². The van der Waals surface area contributed by atoms with Gasteiger partial charge in [0.1, 0.15) is 0 Å². The molecule has 1 heterocycles. The van der Waals surface area contributed by atoms with E-state index in [9.17, 15) is 8.42 Å². The molecule has 1 rings (SSSR count). The summed E-state index contributed by atoms with van der Waals surface area (Å²) >= 11 is 11.6. The highest BCUT2D eigenvalue weighted by Gasteiger charge is 2.31. The summed E-state index contributed by atoms with van der Waals surface area (Å²) in [4.78, 5) is 4.09. The van der Waals surface area contributed by atoms with Gasteiger partial charge in [-0.05, 0) is 18.6 Å². The lowest BCUT2D eigenvalue weighted by atomic mass is 10.0. The number of alkyl halides is 2. The third-order valence-corrected chi connectivity index (χ3v) is 5.42. The highest BCUT2D eigenvalue weighted by atomic mass is 35.5. The molecule has 19 heavy (non-hydrogen) atoms. The van der Waals surface area contributed by atoms with E-state index in [0.29, 0.717) is 12.8 Å². The molecule has 0 fully saturated rings. The predicted octanol–water partition coefficient (Wildman–Crippen LogP) is 2.17. The molecule has 1 aromatic heterocycles. The van der Waals surface area contributed by atoms with Crippen molar-refractivity contribution in [3.05, 3.63) is 30.1 Å². The average molecular weight is 325 g/mol. The molecular formula is C12H18Cl2N2O2S. The topological polar surface area (TPSA) is 59.1 Å². The van der Waals surface area contributed by atoms with Crippen molar-refractivity contribution >= 4 is 33.2 Å². The number of aryl methyl sites for hydroxylation is 1. The van der Waals surface area contributed by atoms with E-state index in [1.54, 1.807) is 18.3 Å². The van der Waals surface area contributed by atoms with Crippen LogP contribution in [0.2, 0.25) is 0 Å². The van der Waals surface area contributed by atoms with E-state index < -0.39 is 15.6 Å². The summed E-state index contributed by atoms with van der Waals surface area (Å²) in [5.74, 6) is 0.269. The maximum atomic E-state index is 12.0. The van der Waals surface area contributed by atoms with Crippen LogP contribution in [0.5, 0.6) is 0 Å². The normalized spacial score (nSPS) is 12.6. The van der Waals surface area contributed by atoms with Crippen LogP contribution in [0, 0.1) is 0 Å². The Morgan fingerprint density at radius 2 is 2.00 bits per heavy atom. The van der Waals surface area contributed by atoms with Crippen LogP contribution in [-0.2, 0) is 16.4 Å². The van der Waals surface area contributed by atoms with Gasteiger partial charge in [-0.3, -0.25) is 4.98 Å². The van der Waals surface area contributed by atoms with Crippen LogP contribution in [0.25, 0.3) is 0 Å². The summed E-state index contributed by atoms with van der Waals surface area (Å²) in [6, 6.07) is 5.42. The number of nitrogens with one attached hydrogen (secondary N) is 1. The maximum Gasteiger partial charge on any atom is 0.212 e. The Hall–Kier alpha value is -0.360. The summed E-state index contributed by atoms with van der Waals surface area (Å²) in [5, 5.41) is 0. The van der Waals surface area contributed by atoms with Crippen molar-refractivity contribution in [2.75, 3.05) is 17.5 Å². The third-order valence-electron chi connectivity index (χ3n) is 2.91. The quantitative estimate of drug-likeness (QED) is 0.745. The van der Waals surface area contributed by atoms with E-state index in [1.807, 2.05) is 13.0 Å². The summed E-state index contributed by atoms with van der Waals surface area (Å²) in [7, 11) is -3.43. The fourth-order valence-corrected chi connectivity index (χ4v) is 4.00. The number of hydrogen-bond donors (Lipinski definition) is 1. The molecule has 0 aliphatic rings. The minimum atomic E-state index is -3.43. The Morgan fingerprint density at radius 3 is 2.47 bits per heavy atom. The van der Waals surface area contributed by atoms with Crippen LogP contribution >= 0.6 is 23.2 Å². The van der Waals surface area contributed by atoms with E-state index in [-0.39, 0.29) is 17.5 Å². The zero-order valence-electron chi connectivity index (χ0n) is 10.8. The highest BCUT2D eigenvalue weighted by Crippen LogP contribution is 2.16. The largest absolute Gasteiger partial charge is 0.261 e. The van der Waals surface area contributed by atoms with E-state index in [1.165, 1.54) is 0 Å². The molecule has 0 amide bonds. The van der Waals surface area contributed by atoms with Crippen molar-refractivity contribution in [2.45, 2.75) is 25.3 Å². The SMILES string of the molecule is CCC(CCl)(CCl)NS(=O)(=O)CCc1ccccn1. The Bertz CT molecular complexity index is 467. The Labute approximate surface area is 124 Å². The number of hydrogen-bond acceptors (Lipinski definition) is 3. The summed E-state index contributed by atoms with van der Waals surface area (Å²) in [6.07, 6.45) is 2.55. The van der Waals surface area contributed by atoms with Crippen molar-refractivity contribution < 1.29 is 8.42 Å². The van der Waals surface area contributed by atoms with Crippen molar-refractivity contribution in [1.29, 1.82) is 0 Å². The molecule has 0 unspecified atom stereocenters. The summed E-state index contributed by atoms with van der Waals surface area (Å²) in [6.45, 7) is 1.85. The van der Waals surface area contributed by atoms with Gasteiger partial charge < -0.3 is 0 Å². The number of nitrogens with zero attached hydrogens (tertiary/aromatic N) is 1. The van der Waals surface area contributed by atoms with E-state index in [4.69, 9.17) is 23.2 Å². The smallest absolute Gasteiger partial charge is 0.212 e. The third kappa shape index (κ3) is 5.26. The fourth-order valence-electron chi connectivity index (χ4n) is 1.52. The van der Waals surface area contributed by atoms with Gasteiger partial charge in [0, 0.05) is 30.1 Å². The molecule has 0 atom stereocenters. The lowest BCUT2D eigenvalue weighted by molar-refractivity contribution is 0.449. The van der Waals surface area contributed by atoms with Crippen LogP contribution in [0.3, 0.4) is 0 Å². The molecule has 0 aliphatic heterocycles. The minimum absolute atomic E-state index is 0.0282. The standard InChI is InChI=1S/C12H18Cl2N2O2S/c1-2-12(9-13,10-14)16-19(17,18)8-6-11-5-3-4-7-15-11/h3-5,7,16H,2,6,8-10H2,1H3. The van der Waals surface area contributed by atoms with Crippen LogP contribution in [0.1, 0.15) is 19.0 Å². The van der Waals surface area contributed by atoms with Gasteiger partial charge in [-0.1, -0.05) is 13.0 Å². The van der Waals surface area contributed by atoms with Gasteiger partial charge >= 0.3 is 0 Å². The molecule has 4 nitrogen and oxygen atoms in total. The molecule has 0 saturated carbocycles. The molecule has 7 heteroatoms. The van der Waals surface area contributed by atoms with Crippen molar-refractivity contribution in [1.82, 2.24) is 9.71 Å². The van der Waals surface area contributed by atoms with Gasteiger partial charge in [-0.25, -0.2) is 13.1 Å². The fraction of sp³-hybridized carbons (Fsp3) is 0.583. The second kappa shape index (κ2) is 7.43. The predicted molar refractivity (Wildman–Crippen MR) is 79.3 cm³/mol. The number of halogens is 2. The van der Waals surface area contributed by atoms with E-state index in [2.05, 4.69) is 9.71 Å². The lowest BCUT2D eigenvalue weighted by Crippen LogP contribution is -2.52. The van der Waals surface area contributed by atoms with Crippen LogP contribution in [0.15, 0.2) is 24.4 Å². The van der Waals surface area contributed by atoms with Gasteiger partial charge in [-0.2, -0.15) is 0 Å². The summed E-state index contributed by atoms with van der Waals surface area (Å²) in [5.41, 5.74) is -0.0294.